The molecule has 0 aromatic rings. The maximum Gasteiger partial charge on any atom is 0.303 e. The molecule has 0 aliphatic heterocycles. The summed E-state index contributed by atoms with van der Waals surface area (Å²) in [4.78, 5) is 10.2. The van der Waals surface area contributed by atoms with Gasteiger partial charge in [0.15, 0.2) is 5.96 Å². The summed E-state index contributed by atoms with van der Waals surface area (Å²) in [6, 6.07) is 0. The summed E-state index contributed by atoms with van der Waals surface area (Å²) in [5.41, 5.74) is 5.12. The Labute approximate surface area is 103 Å². The molecular formula is C10H22ClN3O2. The highest BCUT2D eigenvalue weighted by Crippen LogP contribution is 2.06. The van der Waals surface area contributed by atoms with E-state index in [1.165, 1.54) is 0 Å². The normalized spacial score (nSPS) is 9.25. The first-order valence-electron chi connectivity index (χ1n) is 5.42. The molecule has 0 spiro atoms. The fourth-order valence-electron chi connectivity index (χ4n) is 1.33. The second-order valence-electron chi connectivity index (χ2n) is 3.61. The van der Waals surface area contributed by atoms with Crippen molar-refractivity contribution in [3.63, 3.8) is 0 Å². The number of hydrogen-bond acceptors (Lipinski definition) is 2. The molecule has 0 bridgehead atoms. The van der Waals surface area contributed by atoms with Crippen LogP contribution >= 0.6 is 12.4 Å². The highest BCUT2D eigenvalue weighted by Gasteiger charge is 1.96. The van der Waals surface area contributed by atoms with Crippen LogP contribution in [0, 0.1) is 5.41 Å². The van der Waals surface area contributed by atoms with Crippen LogP contribution in [0.15, 0.2) is 0 Å². The van der Waals surface area contributed by atoms with Crippen LogP contribution in [0.1, 0.15) is 44.9 Å². The molecule has 0 aromatic carbocycles. The van der Waals surface area contributed by atoms with Crippen LogP contribution in [0.25, 0.3) is 0 Å². The summed E-state index contributed by atoms with van der Waals surface area (Å²) in [5.74, 6) is -0.683. The van der Waals surface area contributed by atoms with Gasteiger partial charge in [-0.05, 0) is 12.8 Å². The average Bonchev–Trinajstić information content (AvgIpc) is 2.14. The smallest absolute Gasteiger partial charge is 0.303 e. The Morgan fingerprint density at radius 1 is 1.12 bits per heavy atom. The van der Waals surface area contributed by atoms with Crippen molar-refractivity contribution in [3.8, 4) is 0 Å². The van der Waals surface area contributed by atoms with E-state index < -0.39 is 5.97 Å². The topological polar surface area (TPSA) is 99.2 Å². The Kier molecular flexibility index (Phi) is 13.2. The molecular weight excluding hydrogens is 230 g/mol. The van der Waals surface area contributed by atoms with Crippen molar-refractivity contribution in [2.24, 2.45) is 5.73 Å². The molecule has 0 atom stereocenters. The van der Waals surface area contributed by atoms with Gasteiger partial charge in [-0.1, -0.05) is 25.7 Å². The van der Waals surface area contributed by atoms with Gasteiger partial charge in [0, 0.05) is 13.0 Å². The van der Waals surface area contributed by atoms with Crippen LogP contribution in [-0.2, 0) is 4.79 Å². The van der Waals surface area contributed by atoms with E-state index in [1.54, 1.807) is 0 Å². The zero-order chi connectivity index (χ0) is 11.5. The number of halogens is 1. The van der Waals surface area contributed by atoms with E-state index in [-0.39, 0.29) is 24.8 Å². The number of carboxylic acids is 1. The number of nitrogens with one attached hydrogen (secondary N) is 2. The predicted molar refractivity (Wildman–Crippen MR) is 67.1 cm³/mol. The van der Waals surface area contributed by atoms with Gasteiger partial charge in [0.25, 0.3) is 0 Å². The zero-order valence-electron chi connectivity index (χ0n) is 9.50. The van der Waals surface area contributed by atoms with Crippen molar-refractivity contribution in [1.29, 1.82) is 5.41 Å². The van der Waals surface area contributed by atoms with E-state index in [2.05, 4.69) is 5.32 Å². The first-order valence-corrected chi connectivity index (χ1v) is 5.42. The first kappa shape index (κ1) is 17.4. The van der Waals surface area contributed by atoms with E-state index in [9.17, 15) is 4.79 Å². The Hall–Kier alpha value is -0.970. The average molecular weight is 252 g/mol. The predicted octanol–water partition coefficient (Wildman–Crippen LogP) is 1.71. The van der Waals surface area contributed by atoms with E-state index in [0.717, 1.165) is 45.1 Å². The van der Waals surface area contributed by atoms with E-state index in [0.29, 0.717) is 0 Å². The monoisotopic (exact) mass is 251 g/mol. The molecule has 0 fully saturated rings. The summed E-state index contributed by atoms with van der Waals surface area (Å²) < 4.78 is 0. The lowest BCUT2D eigenvalue weighted by molar-refractivity contribution is -0.137. The highest BCUT2D eigenvalue weighted by atomic mass is 35.5. The van der Waals surface area contributed by atoms with Crippen LogP contribution in [0.4, 0.5) is 0 Å². The first-order chi connectivity index (χ1) is 7.13. The fourth-order valence-corrected chi connectivity index (χ4v) is 1.33. The molecule has 0 aromatic heterocycles. The largest absolute Gasteiger partial charge is 0.481 e. The minimum absolute atomic E-state index is 0. The van der Waals surface area contributed by atoms with Gasteiger partial charge in [0.1, 0.15) is 0 Å². The van der Waals surface area contributed by atoms with Gasteiger partial charge in [-0.25, -0.2) is 0 Å². The van der Waals surface area contributed by atoms with Crippen molar-refractivity contribution in [2.75, 3.05) is 6.54 Å². The maximum absolute atomic E-state index is 10.2. The maximum atomic E-state index is 10.2. The molecule has 0 rings (SSSR count). The number of rotatable bonds is 9. The second kappa shape index (κ2) is 12.1. The Balaban J connectivity index is 0. The van der Waals surface area contributed by atoms with Crippen LogP contribution in [-0.4, -0.2) is 23.6 Å². The quantitative estimate of drug-likeness (QED) is 0.285. The van der Waals surface area contributed by atoms with Crippen molar-refractivity contribution in [2.45, 2.75) is 44.9 Å². The van der Waals surface area contributed by atoms with Crippen molar-refractivity contribution in [3.05, 3.63) is 0 Å². The molecule has 5 nitrogen and oxygen atoms in total. The molecule has 5 N–H and O–H groups in total. The van der Waals surface area contributed by atoms with Gasteiger partial charge in [0.05, 0.1) is 0 Å². The highest BCUT2D eigenvalue weighted by molar-refractivity contribution is 5.85. The molecule has 0 heterocycles. The number of aliphatic carboxylic acids is 1. The lowest BCUT2D eigenvalue weighted by Crippen LogP contribution is -2.30. The second-order valence-corrected chi connectivity index (χ2v) is 3.61. The lowest BCUT2D eigenvalue weighted by Gasteiger charge is -2.03. The molecule has 0 saturated heterocycles. The summed E-state index contributed by atoms with van der Waals surface area (Å²) in [6.45, 7) is 0.754. The van der Waals surface area contributed by atoms with E-state index in [4.69, 9.17) is 16.2 Å². The molecule has 0 amide bonds. The van der Waals surface area contributed by atoms with Crippen LogP contribution < -0.4 is 11.1 Å². The van der Waals surface area contributed by atoms with Gasteiger partial charge in [-0.15, -0.1) is 12.4 Å². The minimum Gasteiger partial charge on any atom is -0.481 e. The van der Waals surface area contributed by atoms with E-state index in [1.807, 2.05) is 0 Å². The number of hydrogen-bond donors (Lipinski definition) is 4. The molecule has 0 aliphatic rings. The SMILES string of the molecule is Cl.N=C(N)NCCCCCCCCC(=O)O. The third-order valence-corrected chi connectivity index (χ3v) is 2.13. The zero-order valence-corrected chi connectivity index (χ0v) is 10.3. The van der Waals surface area contributed by atoms with Crippen molar-refractivity contribution < 1.29 is 9.90 Å². The molecule has 16 heavy (non-hydrogen) atoms. The van der Waals surface area contributed by atoms with Gasteiger partial charge in [-0.3, -0.25) is 10.2 Å². The van der Waals surface area contributed by atoms with Gasteiger partial charge in [-0.2, -0.15) is 0 Å². The molecule has 0 unspecified atom stereocenters. The standard InChI is InChI=1S/C10H21N3O2.ClH/c11-10(12)13-8-6-4-2-1-3-5-7-9(14)15;/h1-8H2,(H,14,15)(H4,11,12,13);1H. The third-order valence-electron chi connectivity index (χ3n) is 2.13. The molecule has 6 heteroatoms. The van der Waals surface area contributed by atoms with Crippen LogP contribution in [0.5, 0.6) is 0 Å². The molecule has 0 aliphatic carbocycles. The third kappa shape index (κ3) is 15.5. The van der Waals surface area contributed by atoms with Gasteiger partial charge >= 0.3 is 5.97 Å². The van der Waals surface area contributed by atoms with Crippen molar-refractivity contribution in [1.82, 2.24) is 5.32 Å². The van der Waals surface area contributed by atoms with Gasteiger partial charge in [0.2, 0.25) is 0 Å². The summed E-state index contributed by atoms with van der Waals surface area (Å²) >= 11 is 0. The fraction of sp³-hybridized carbons (Fsp3) is 0.800. The molecule has 96 valence electrons. The number of carbonyl (C=O) groups is 1. The Morgan fingerprint density at radius 3 is 2.12 bits per heavy atom. The molecule has 0 saturated carbocycles. The van der Waals surface area contributed by atoms with E-state index >= 15 is 0 Å². The van der Waals surface area contributed by atoms with Crippen LogP contribution in [0.2, 0.25) is 0 Å². The molecule has 0 radical (unpaired) electrons. The van der Waals surface area contributed by atoms with Crippen LogP contribution in [0.3, 0.4) is 0 Å². The summed E-state index contributed by atoms with van der Waals surface area (Å²) in [6.07, 6.45) is 6.39. The Morgan fingerprint density at radius 2 is 1.62 bits per heavy atom. The summed E-state index contributed by atoms with van der Waals surface area (Å²) in [7, 11) is 0. The number of carboxylic acid groups (broad SMARTS) is 1. The minimum atomic E-state index is -0.708. The number of unbranched alkanes of at least 4 members (excludes halogenated alkanes) is 5. The Bertz CT molecular complexity index is 181. The van der Waals surface area contributed by atoms with Crippen molar-refractivity contribution >= 4 is 24.3 Å². The summed E-state index contributed by atoms with van der Waals surface area (Å²) in [5, 5.41) is 18.1. The van der Waals surface area contributed by atoms with Gasteiger partial charge < -0.3 is 16.2 Å². The number of guanidine groups is 1. The number of nitrogens with two attached hydrogens (primary N) is 1. The lowest BCUT2D eigenvalue weighted by atomic mass is 10.1.